The van der Waals surface area contributed by atoms with Crippen molar-refractivity contribution in [3.8, 4) is 0 Å². The van der Waals surface area contributed by atoms with E-state index in [1.165, 1.54) is 0 Å². The molecule has 0 radical (unpaired) electrons. The summed E-state index contributed by atoms with van der Waals surface area (Å²) in [4.78, 5) is 0. The number of ether oxygens (including phenoxy) is 1. The second-order valence-electron chi connectivity index (χ2n) is 3.60. The molecule has 0 spiro atoms. The van der Waals surface area contributed by atoms with Gasteiger partial charge in [0, 0.05) is 5.69 Å². The maximum Gasteiger partial charge on any atom is 0.439 e. The van der Waals surface area contributed by atoms with E-state index in [1.54, 1.807) is 24.3 Å². The van der Waals surface area contributed by atoms with Crippen molar-refractivity contribution in [3.63, 3.8) is 0 Å². The minimum absolute atomic E-state index is 0.329. The molecule has 1 unspecified atom stereocenters. The number of benzene rings is 1. The van der Waals surface area contributed by atoms with Crippen molar-refractivity contribution in [1.29, 1.82) is 0 Å². The molecular weight excluding hydrogens is 207 g/mol. The molecule has 15 heavy (non-hydrogen) atoms. The number of alkyl halides is 3. The number of hydrogen-bond acceptors (Lipinski definition) is 2. The molecule has 1 N–H and O–H groups in total. The van der Waals surface area contributed by atoms with Crippen molar-refractivity contribution in [1.82, 2.24) is 0 Å². The topological polar surface area (TPSA) is 24.6 Å². The highest BCUT2D eigenvalue weighted by Crippen LogP contribution is 2.43. The van der Waals surface area contributed by atoms with E-state index in [4.69, 9.17) is 0 Å². The first-order valence-corrected chi connectivity index (χ1v) is 4.48. The van der Waals surface area contributed by atoms with E-state index in [0.717, 1.165) is 5.56 Å². The van der Waals surface area contributed by atoms with Gasteiger partial charge in [0.15, 0.2) is 0 Å². The van der Waals surface area contributed by atoms with Gasteiger partial charge in [-0.15, -0.1) is 0 Å². The molecule has 0 bridgehead atoms. The Hall–Kier alpha value is -1.23. The van der Waals surface area contributed by atoms with Crippen molar-refractivity contribution >= 4 is 5.69 Å². The van der Waals surface area contributed by atoms with E-state index in [0.29, 0.717) is 5.69 Å². The van der Waals surface area contributed by atoms with Crippen LogP contribution in [-0.2, 0) is 4.74 Å². The monoisotopic (exact) mass is 217 g/mol. The third-order valence-electron chi connectivity index (χ3n) is 2.29. The molecule has 1 aliphatic rings. The van der Waals surface area contributed by atoms with Gasteiger partial charge in [0.2, 0.25) is 0 Å². The number of nitrogens with one attached hydrogen (secondary N) is 1. The minimum atomic E-state index is -4.38. The third-order valence-corrected chi connectivity index (χ3v) is 2.29. The van der Waals surface area contributed by atoms with Crippen LogP contribution in [0.3, 0.4) is 0 Å². The lowest BCUT2D eigenvalue weighted by Crippen LogP contribution is -2.40. The molecule has 0 aliphatic carbocycles. The predicted molar refractivity (Wildman–Crippen MR) is 49.5 cm³/mol. The quantitative estimate of drug-likeness (QED) is 0.770. The lowest BCUT2D eigenvalue weighted by molar-refractivity contribution is -0.175. The summed E-state index contributed by atoms with van der Waals surface area (Å²) in [5.41, 5.74) is -0.754. The highest BCUT2D eigenvalue weighted by atomic mass is 19.4. The van der Waals surface area contributed by atoms with Gasteiger partial charge in [-0.2, -0.15) is 13.2 Å². The molecule has 0 saturated carbocycles. The fourth-order valence-electron chi connectivity index (χ4n) is 1.25. The second-order valence-corrected chi connectivity index (χ2v) is 3.60. The summed E-state index contributed by atoms with van der Waals surface area (Å²) in [6, 6.07) is 6.69. The highest BCUT2D eigenvalue weighted by Gasteiger charge is 2.66. The van der Waals surface area contributed by atoms with Gasteiger partial charge >= 0.3 is 6.18 Å². The smallest absolute Gasteiger partial charge is 0.348 e. The summed E-state index contributed by atoms with van der Waals surface area (Å²) in [5, 5.41) is 2.35. The van der Waals surface area contributed by atoms with E-state index < -0.39 is 11.9 Å². The zero-order chi connectivity index (χ0) is 11.1. The first-order chi connectivity index (χ1) is 6.93. The molecule has 1 aliphatic heterocycles. The van der Waals surface area contributed by atoms with Crippen LogP contribution in [0, 0.1) is 6.92 Å². The molecular formula is C10H10F3NO. The maximum atomic E-state index is 12.5. The van der Waals surface area contributed by atoms with E-state index in [2.05, 4.69) is 10.1 Å². The van der Waals surface area contributed by atoms with Crippen molar-refractivity contribution in [3.05, 3.63) is 29.8 Å². The Labute approximate surface area is 85.0 Å². The zero-order valence-corrected chi connectivity index (χ0v) is 8.06. The number of hydrogen-bond donors (Lipinski definition) is 1. The Kier molecular flexibility index (Phi) is 2.15. The van der Waals surface area contributed by atoms with Crippen LogP contribution in [0.1, 0.15) is 5.56 Å². The Morgan fingerprint density at radius 2 is 1.80 bits per heavy atom. The standard InChI is InChI=1S/C10H10F3NO/c1-7-2-4-8(5-3-7)14-9(6-15-9)10(11,12)13/h2-5,14H,6H2,1H3. The zero-order valence-electron chi connectivity index (χ0n) is 8.06. The van der Waals surface area contributed by atoms with E-state index >= 15 is 0 Å². The number of anilines is 1. The van der Waals surface area contributed by atoms with Crippen LogP contribution in [0.25, 0.3) is 0 Å². The number of aryl methyl sites for hydroxylation is 1. The van der Waals surface area contributed by atoms with Crippen LogP contribution >= 0.6 is 0 Å². The van der Waals surface area contributed by atoms with Crippen molar-refractivity contribution < 1.29 is 17.9 Å². The van der Waals surface area contributed by atoms with E-state index in [9.17, 15) is 13.2 Å². The van der Waals surface area contributed by atoms with Gasteiger partial charge in [-0.1, -0.05) is 17.7 Å². The normalized spacial score (nSPS) is 25.1. The predicted octanol–water partition coefficient (Wildman–Crippen LogP) is 2.70. The Morgan fingerprint density at radius 3 is 2.20 bits per heavy atom. The van der Waals surface area contributed by atoms with Crippen LogP contribution in [0.2, 0.25) is 0 Å². The van der Waals surface area contributed by atoms with Crippen molar-refractivity contribution in [2.45, 2.75) is 18.8 Å². The summed E-state index contributed by atoms with van der Waals surface area (Å²) in [6.45, 7) is 1.54. The highest BCUT2D eigenvalue weighted by molar-refractivity contribution is 5.47. The third kappa shape index (κ3) is 1.92. The molecule has 5 heteroatoms. The van der Waals surface area contributed by atoms with Crippen LogP contribution in [0.15, 0.2) is 24.3 Å². The lowest BCUT2D eigenvalue weighted by atomic mass is 10.2. The van der Waals surface area contributed by atoms with Crippen LogP contribution in [0.5, 0.6) is 0 Å². The number of rotatable bonds is 2. The van der Waals surface area contributed by atoms with Crippen LogP contribution in [-0.4, -0.2) is 18.5 Å². The summed E-state index contributed by atoms with van der Waals surface area (Å²) >= 11 is 0. The molecule has 0 amide bonds. The summed E-state index contributed by atoms with van der Waals surface area (Å²) in [6.07, 6.45) is -4.38. The van der Waals surface area contributed by atoms with Crippen LogP contribution < -0.4 is 5.32 Å². The van der Waals surface area contributed by atoms with Gasteiger partial charge in [-0.25, -0.2) is 0 Å². The molecule has 1 aromatic carbocycles. The molecule has 1 fully saturated rings. The largest absolute Gasteiger partial charge is 0.439 e. The number of epoxide rings is 1. The SMILES string of the molecule is Cc1ccc(NC2(C(F)(F)F)CO2)cc1. The summed E-state index contributed by atoms with van der Waals surface area (Å²) in [7, 11) is 0. The van der Waals surface area contributed by atoms with Gasteiger partial charge in [-0.3, -0.25) is 0 Å². The average Bonchev–Trinajstić information content (AvgIpc) is 2.89. The maximum absolute atomic E-state index is 12.5. The van der Waals surface area contributed by atoms with Gasteiger partial charge in [0.05, 0.1) is 0 Å². The lowest BCUT2D eigenvalue weighted by Gasteiger charge is -2.18. The second kappa shape index (κ2) is 3.13. The molecule has 1 atom stereocenters. The molecule has 2 rings (SSSR count). The average molecular weight is 217 g/mol. The molecule has 0 aromatic heterocycles. The van der Waals surface area contributed by atoms with Crippen molar-refractivity contribution in [2.24, 2.45) is 0 Å². The van der Waals surface area contributed by atoms with Crippen LogP contribution in [0.4, 0.5) is 18.9 Å². The Bertz CT molecular complexity index is 354. The van der Waals surface area contributed by atoms with E-state index in [1.807, 2.05) is 6.92 Å². The molecule has 1 aromatic rings. The molecule has 82 valence electrons. The van der Waals surface area contributed by atoms with Crippen molar-refractivity contribution in [2.75, 3.05) is 11.9 Å². The first kappa shape index (κ1) is 10.3. The fraction of sp³-hybridized carbons (Fsp3) is 0.400. The Balaban J connectivity index is 2.13. The molecule has 1 heterocycles. The molecule has 2 nitrogen and oxygen atoms in total. The first-order valence-electron chi connectivity index (χ1n) is 4.48. The summed E-state index contributed by atoms with van der Waals surface area (Å²) in [5.74, 6) is 0. The van der Waals surface area contributed by atoms with Gasteiger partial charge in [-0.05, 0) is 19.1 Å². The van der Waals surface area contributed by atoms with E-state index in [-0.39, 0.29) is 6.61 Å². The fourth-order valence-corrected chi connectivity index (χ4v) is 1.25. The summed E-state index contributed by atoms with van der Waals surface area (Å²) < 4.78 is 41.9. The Morgan fingerprint density at radius 1 is 1.27 bits per heavy atom. The number of halogens is 3. The van der Waals surface area contributed by atoms with Gasteiger partial charge in [0.1, 0.15) is 6.61 Å². The van der Waals surface area contributed by atoms with Gasteiger partial charge in [0.25, 0.3) is 5.72 Å². The minimum Gasteiger partial charge on any atom is -0.348 e. The van der Waals surface area contributed by atoms with Gasteiger partial charge < -0.3 is 10.1 Å². The molecule has 1 saturated heterocycles.